The summed E-state index contributed by atoms with van der Waals surface area (Å²) in [7, 11) is 0. The van der Waals surface area contributed by atoms with Gasteiger partial charge in [-0.2, -0.15) is 0 Å². The Balaban J connectivity index is 1.30. The highest BCUT2D eigenvalue weighted by atomic mass is 32.1. The second kappa shape index (κ2) is 8.32. The lowest BCUT2D eigenvalue weighted by Gasteiger charge is -2.11. The molecule has 0 atom stereocenters. The van der Waals surface area contributed by atoms with Crippen LogP contribution in [0.2, 0.25) is 0 Å². The average molecular weight is 529 g/mol. The van der Waals surface area contributed by atoms with Gasteiger partial charge in [0.05, 0.1) is 16.6 Å². The summed E-state index contributed by atoms with van der Waals surface area (Å²) in [6.45, 7) is 0. The topological polar surface area (TPSA) is 9.86 Å². The average Bonchev–Trinajstić information content (AvgIpc) is 3.56. The predicted octanol–water partition coefficient (Wildman–Crippen LogP) is 10.2. The minimum atomic E-state index is 0.914. The number of para-hydroxylation sites is 3. The van der Waals surface area contributed by atoms with Crippen molar-refractivity contribution in [2.24, 2.45) is 0 Å². The van der Waals surface area contributed by atoms with Crippen molar-refractivity contribution in [3.05, 3.63) is 139 Å². The summed E-state index contributed by atoms with van der Waals surface area (Å²) in [6.07, 6.45) is 9.75. The van der Waals surface area contributed by atoms with Gasteiger partial charge in [0.15, 0.2) is 0 Å². The van der Waals surface area contributed by atoms with Gasteiger partial charge in [-0.15, -0.1) is 11.3 Å². The van der Waals surface area contributed by atoms with Crippen LogP contribution in [0.25, 0.3) is 70.3 Å². The van der Waals surface area contributed by atoms with Crippen molar-refractivity contribution in [1.29, 1.82) is 0 Å². The van der Waals surface area contributed by atoms with Gasteiger partial charge in [0.1, 0.15) is 0 Å². The van der Waals surface area contributed by atoms with Gasteiger partial charge in [-0.25, -0.2) is 0 Å². The maximum Gasteiger partial charge on any atom is 0.0541 e. The molecule has 0 spiro atoms. The van der Waals surface area contributed by atoms with Gasteiger partial charge in [-0.1, -0.05) is 78.9 Å². The molecule has 0 saturated carbocycles. The fraction of sp³-hybridized carbons (Fsp3) is 0.0270. The quantitative estimate of drug-likeness (QED) is 0.211. The van der Waals surface area contributed by atoms with Crippen LogP contribution in [0.3, 0.4) is 0 Å². The summed E-state index contributed by atoms with van der Waals surface area (Å²) in [5, 5.41) is 6.51. The molecule has 9 rings (SSSR count). The van der Waals surface area contributed by atoms with Gasteiger partial charge in [-0.3, -0.25) is 0 Å². The molecule has 0 saturated heterocycles. The lowest BCUT2D eigenvalue weighted by atomic mass is 10.1. The third-order valence-electron chi connectivity index (χ3n) is 8.37. The monoisotopic (exact) mass is 528 g/mol. The van der Waals surface area contributed by atoms with Gasteiger partial charge in [-0.05, 0) is 54.6 Å². The maximum atomic E-state index is 2.46. The molecule has 40 heavy (non-hydrogen) atoms. The first-order valence-electron chi connectivity index (χ1n) is 13.8. The van der Waals surface area contributed by atoms with Crippen LogP contribution < -0.4 is 0 Å². The summed E-state index contributed by atoms with van der Waals surface area (Å²) in [5.41, 5.74) is 8.83. The Hall–Kier alpha value is -4.86. The maximum absolute atomic E-state index is 2.46. The number of benzene rings is 5. The largest absolute Gasteiger partial charge is 0.313 e. The Morgan fingerprint density at radius 3 is 1.70 bits per heavy atom. The second-order valence-electron chi connectivity index (χ2n) is 10.5. The van der Waals surface area contributed by atoms with E-state index in [1.165, 1.54) is 75.5 Å². The van der Waals surface area contributed by atoms with Crippen LogP contribution in [0, 0.1) is 0 Å². The summed E-state index contributed by atoms with van der Waals surface area (Å²) in [6, 6.07) is 40.2. The number of aromatic nitrogens is 2. The minimum Gasteiger partial charge on any atom is -0.313 e. The van der Waals surface area contributed by atoms with Gasteiger partial charge in [0, 0.05) is 65.4 Å². The molecule has 0 radical (unpaired) electrons. The lowest BCUT2D eigenvalue weighted by Crippen LogP contribution is -2.00. The van der Waals surface area contributed by atoms with Gasteiger partial charge < -0.3 is 9.13 Å². The summed E-state index contributed by atoms with van der Waals surface area (Å²) >= 11 is 1.88. The van der Waals surface area contributed by atoms with Crippen molar-refractivity contribution in [3.8, 4) is 11.4 Å². The smallest absolute Gasteiger partial charge is 0.0541 e. The molecule has 5 aromatic carbocycles. The zero-order valence-corrected chi connectivity index (χ0v) is 22.5. The van der Waals surface area contributed by atoms with E-state index in [1.807, 2.05) is 11.3 Å². The lowest BCUT2D eigenvalue weighted by molar-refractivity contribution is 1.00. The van der Waals surface area contributed by atoms with Crippen LogP contribution in [0.5, 0.6) is 0 Å². The number of hydrogen-bond acceptors (Lipinski definition) is 1. The number of hydrogen-bond donors (Lipinski definition) is 0. The van der Waals surface area contributed by atoms with E-state index in [1.54, 1.807) is 0 Å². The minimum absolute atomic E-state index is 0.914. The van der Waals surface area contributed by atoms with E-state index < -0.39 is 0 Å². The molecule has 1 aliphatic carbocycles. The molecule has 2 nitrogen and oxygen atoms in total. The molecule has 3 aromatic heterocycles. The van der Waals surface area contributed by atoms with E-state index >= 15 is 0 Å². The molecule has 1 aliphatic rings. The van der Waals surface area contributed by atoms with Crippen LogP contribution in [0.1, 0.15) is 11.3 Å². The van der Waals surface area contributed by atoms with Gasteiger partial charge in [0.2, 0.25) is 0 Å². The van der Waals surface area contributed by atoms with Crippen molar-refractivity contribution >= 4 is 70.3 Å². The van der Waals surface area contributed by atoms with Crippen LogP contribution in [-0.4, -0.2) is 9.13 Å². The molecular weight excluding hydrogens is 504 g/mol. The van der Waals surface area contributed by atoms with Crippen molar-refractivity contribution < 1.29 is 0 Å². The summed E-state index contributed by atoms with van der Waals surface area (Å²) in [4.78, 5) is 0. The van der Waals surface area contributed by atoms with Crippen molar-refractivity contribution in [1.82, 2.24) is 9.13 Å². The SMILES string of the molecule is C1=CCc2c(c3ccccc3n2-c2ccc3sc4ccc(-n5c6ccccc6c6ccccc65)cc4c3c2)C=C1. The fourth-order valence-electron chi connectivity index (χ4n) is 6.64. The van der Waals surface area contributed by atoms with Gasteiger partial charge >= 0.3 is 0 Å². The third-order valence-corrected chi connectivity index (χ3v) is 9.52. The first-order valence-corrected chi connectivity index (χ1v) is 14.6. The van der Waals surface area contributed by atoms with Crippen LogP contribution in [0.4, 0.5) is 0 Å². The Labute approximate surface area is 235 Å². The molecule has 0 unspecified atom stereocenters. The second-order valence-corrected chi connectivity index (χ2v) is 11.6. The molecule has 0 aliphatic heterocycles. The van der Waals surface area contributed by atoms with Crippen molar-refractivity contribution in [2.45, 2.75) is 6.42 Å². The van der Waals surface area contributed by atoms with Crippen LogP contribution >= 0.6 is 11.3 Å². The van der Waals surface area contributed by atoms with Crippen LogP contribution in [-0.2, 0) is 6.42 Å². The number of thiophene rings is 1. The standard InChI is InChI=1S/C37H24N2S/c1-2-10-26-27-11-4-7-15-33(27)38(32(26)14-3-1)24-18-20-36-30(22-24)31-23-25(19-21-37(31)40-36)39-34-16-8-5-12-28(34)29-13-6-9-17-35(29)39/h1-13,15-23H,14H2. The molecule has 8 aromatic rings. The van der Waals surface area contributed by atoms with E-state index in [4.69, 9.17) is 0 Å². The molecule has 0 amide bonds. The van der Waals surface area contributed by atoms with Gasteiger partial charge in [0.25, 0.3) is 0 Å². The molecule has 0 fully saturated rings. The highest BCUT2D eigenvalue weighted by Crippen LogP contribution is 2.40. The molecule has 3 heterocycles. The van der Waals surface area contributed by atoms with E-state index in [9.17, 15) is 0 Å². The number of nitrogens with zero attached hydrogens (tertiary/aromatic N) is 2. The third kappa shape index (κ3) is 3.04. The number of rotatable bonds is 2. The molecule has 0 bridgehead atoms. The molecule has 0 N–H and O–H groups in total. The Bertz CT molecular complexity index is 2300. The Morgan fingerprint density at radius 1 is 0.500 bits per heavy atom. The predicted molar refractivity (Wildman–Crippen MR) is 172 cm³/mol. The van der Waals surface area contributed by atoms with E-state index in [2.05, 4.69) is 143 Å². The van der Waals surface area contributed by atoms with Crippen molar-refractivity contribution in [3.63, 3.8) is 0 Å². The Kier molecular flexibility index (Phi) is 4.58. The highest BCUT2D eigenvalue weighted by molar-refractivity contribution is 7.25. The zero-order valence-electron chi connectivity index (χ0n) is 21.7. The van der Waals surface area contributed by atoms with Crippen LogP contribution in [0.15, 0.2) is 127 Å². The normalized spacial score (nSPS) is 13.2. The summed E-state index contributed by atoms with van der Waals surface area (Å²) in [5.74, 6) is 0. The fourth-order valence-corrected chi connectivity index (χ4v) is 7.71. The zero-order chi connectivity index (χ0) is 26.2. The van der Waals surface area contributed by atoms with Crippen molar-refractivity contribution in [2.75, 3.05) is 0 Å². The Morgan fingerprint density at radius 2 is 1.05 bits per heavy atom. The molecule has 188 valence electrons. The molecule has 3 heteroatoms. The van der Waals surface area contributed by atoms with E-state index in [0.29, 0.717) is 0 Å². The first kappa shape index (κ1) is 22.0. The first-order chi connectivity index (χ1) is 19.8. The summed E-state index contributed by atoms with van der Waals surface area (Å²) < 4.78 is 7.51. The number of fused-ring (bicyclic) bond motifs is 9. The number of allylic oxidation sites excluding steroid dienone is 3. The highest BCUT2D eigenvalue weighted by Gasteiger charge is 2.18. The molecular formula is C37H24N2S. The van der Waals surface area contributed by atoms with E-state index in [0.717, 1.165) is 6.42 Å². The van der Waals surface area contributed by atoms with E-state index in [-0.39, 0.29) is 0 Å².